The zero-order valence-electron chi connectivity index (χ0n) is 15.1. The van der Waals surface area contributed by atoms with E-state index in [1.54, 1.807) is 4.88 Å². The van der Waals surface area contributed by atoms with E-state index in [1.807, 2.05) is 29.7 Å². The molecular formula is C19H28N4S2. The van der Waals surface area contributed by atoms with Crippen LogP contribution in [0.1, 0.15) is 22.2 Å². The summed E-state index contributed by atoms with van der Waals surface area (Å²) >= 11 is 3.74. The molecule has 0 fully saturated rings. The van der Waals surface area contributed by atoms with Gasteiger partial charge >= 0.3 is 0 Å². The number of thiophene rings is 2. The first kappa shape index (κ1) is 18.4. The molecule has 0 aromatic carbocycles. The van der Waals surface area contributed by atoms with Crippen LogP contribution in [0.15, 0.2) is 34.0 Å². The van der Waals surface area contributed by atoms with Crippen molar-refractivity contribution in [1.82, 2.24) is 15.5 Å². The minimum absolute atomic E-state index is 0.594. The minimum atomic E-state index is 0.594. The quantitative estimate of drug-likeness (QED) is 0.576. The fraction of sp³-hybridized carbons (Fsp3) is 0.526. The maximum Gasteiger partial charge on any atom is 0.191 e. The van der Waals surface area contributed by atoms with Gasteiger partial charge in [0.15, 0.2) is 5.96 Å². The lowest BCUT2D eigenvalue weighted by atomic mass is 10.1. The molecule has 0 spiro atoms. The van der Waals surface area contributed by atoms with Gasteiger partial charge in [-0.1, -0.05) is 13.0 Å². The van der Waals surface area contributed by atoms with Crippen molar-refractivity contribution in [1.29, 1.82) is 0 Å². The largest absolute Gasteiger partial charge is 0.356 e. The number of hydrogen-bond acceptors (Lipinski definition) is 4. The molecule has 0 saturated heterocycles. The molecule has 0 radical (unpaired) electrons. The van der Waals surface area contributed by atoms with Gasteiger partial charge < -0.3 is 10.6 Å². The third-order valence-corrected chi connectivity index (χ3v) is 6.50. The number of nitrogens with one attached hydrogen (secondary N) is 2. The Balaban J connectivity index is 1.34. The molecule has 1 aliphatic heterocycles. The van der Waals surface area contributed by atoms with Gasteiger partial charge in [0.2, 0.25) is 0 Å². The van der Waals surface area contributed by atoms with Gasteiger partial charge in [-0.3, -0.25) is 9.89 Å². The molecule has 6 heteroatoms. The predicted molar refractivity (Wildman–Crippen MR) is 110 cm³/mol. The molecule has 0 amide bonds. The SMILES string of the molecule is CN=C(NCCN1CCc2sccc2C1)NCC(C)Cc1cccs1. The van der Waals surface area contributed by atoms with Crippen LogP contribution in [-0.4, -0.2) is 44.1 Å². The van der Waals surface area contributed by atoms with Crippen LogP contribution < -0.4 is 10.6 Å². The molecule has 1 unspecified atom stereocenters. The summed E-state index contributed by atoms with van der Waals surface area (Å²) in [6, 6.07) is 6.61. The molecule has 2 N–H and O–H groups in total. The predicted octanol–water partition coefficient (Wildman–Crippen LogP) is 3.21. The molecule has 3 heterocycles. The summed E-state index contributed by atoms with van der Waals surface area (Å²) in [5.74, 6) is 1.50. The molecule has 1 aliphatic rings. The number of fused-ring (bicyclic) bond motifs is 1. The van der Waals surface area contributed by atoms with E-state index in [0.717, 1.165) is 38.6 Å². The zero-order valence-corrected chi connectivity index (χ0v) is 16.8. The Labute approximate surface area is 159 Å². The Morgan fingerprint density at radius 1 is 1.28 bits per heavy atom. The van der Waals surface area contributed by atoms with Crippen LogP contribution in [0.4, 0.5) is 0 Å². The second kappa shape index (κ2) is 9.36. The fourth-order valence-corrected chi connectivity index (χ4v) is 4.93. The fourth-order valence-electron chi connectivity index (χ4n) is 3.17. The maximum absolute atomic E-state index is 4.35. The van der Waals surface area contributed by atoms with Gasteiger partial charge in [0, 0.05) is 49.5 Å². The smallest absolute Gasteiger partial charge is 0.191 e. The van der Waals surface area contributed by atoms with E-state index >= 15 is 0 Å². The first-order valence-corrected chi connectivity index (χ1v) is 10.7. The normalized spacial score (nSPS) is 16.5. The van der Waals surface area contributed by atoms with Gasteiger partial charge in [-0.15, -0.1) is 22.7 Å². The van der Waals surface area contributed by atoms with Crippen LogP contribution in [0.3, 0.4) is 0 Å². The lowest BCUT2D eigenvalue weighted by molar-refractivity contribution is 0.260. The topological polar surface area (TPSA) is 39.7 Å². The minimum Gasteiger partial charge on any atom is -0.356 e. The highest BCUT2D eigenvalue weighted by atomic mass is 32.1. The molecule has 2 aromatic rings. The Bertz CT molecular complexity index is 663. The van der Waals surface area contributed by atoms with E-state index in [9.17, 15) is 0 Å². The Morgan fingerprint density at radius 2 is 2.20 bits per heavy atom. The summed E-state index contributed by atoms with van der Waals surface area (Å²) in [6.45, 7) is 7.47. The van der Waals surface area contributed by atoms with Gasteiger partial charge in [-0.25, -0.2) is 0 Å². The van der Waals surface area contributed by atoms with Crippen LogP contribution >= 0.6 is 22.7 Å². The highest BCUT2D eigenvalue weighted by molar-refractivity contribution is 7.10. The summed E-state index contributed by atoms with van der Waals surface area (Å²) in [4.78, 5) is 9.89. The lowest BCUT2D eigenvalue weighted by Gasteiger charge is -2.27. The molecule has 1 atom stereocenters. The Kier molecular flexibility index (Phi) is 6.90. The standard InChI is InChI=1S/C19H28N4S2/c1-15(12-17-4-3-10-24-17)13-22-19(20-2)21-7-9-23-8-5-18-16(14-23)6-11-25-18/h3-4,6,10-11,15H,5,7-9,12-14H2,1-2H3,(H2,20,21,22). The summed E-state index contributed by atoms with van der Waals surface area (Å²) in [5.41, 5.74) is 1.51. The molecule has 136 valence electrons. The second-order valence-electron chi connectivity index (χ2n) is 6.66. The third-order valence-electron chi connectivity index (χ3n) is 4.58. The van der Waals surface area contributed by atoms with Crippen molar-refractivity contribution >= 4 is 28.6 Å². The van der Waals surface area contributed by atoms with E-state index in [4.69, 9.17) is 0 Å². The Hall–Kier alpha value is -1.37. The summed E-state index contributed by atoms with van der Waals surface area (Å²) < 4.78 is 0. The first-order valence-electron chi connectivity index (χ1n) is 8.99. The lowest BCUT2D eigenvalue weighted by Crippen LogP contribution is -2.43. The molecule has 0 bridgehead atoms. The van der Waals surface area contributed by atoms with E-state index in [-0.39, 0.29) is 0 Å². The second-order valence-corrected chi connectivity index (χ2v) is 8.70. The van der Waals surface area contributed by atoms with Crippen molar-refractivity contribution in [3.8, 4) is 0 Å². The molecule has 3 rings (SSSR count). The van der Waals surface area contributed by atoms with Crippen molar-refractivity contribution in [2.75, 3.05) is 33.2 Å². The number of nitrogens with zero attached hydrogens (tertiary/aromatic N) is 2. The number of guanidine groups is 1. The van der Waals surface area contributed by atoms with Crippen LogP contribution in [0.2, 0.25) is 0 Å². The molecule has 0 aliphatic carbocycles. The Morgan fingerprint density at radius 3 is 3.00 bits per heavy atom. The van der Waals surface area contributed by atoms with Crippen molar-refractivity contribution in [3.63, 3.8) is 0 Å². The van der Waals surface area contributed by atoms with Crippen LogP contribution in [0, 0.1) is 5.92 Å². The highest BCUT2D eigenvalue weighted by Crippen LogP contribution is 2.23. The van der Waals surface area contributed by atoms with Gasteiger partial charge in [0.05, 0.1) is 0 Å². The molecule has 25 heavy (non-hydrogen) atoms. The zero-order chi connectivity index (χ0) is 17.5. The van der Waals surface area contributed by atoms with E-state index < -0.39 is 0 Å². The summed E-state index contributed by atoms with van der Waals surface area (Å²) in [7, 11) is 1.85. The van der Waals surface area contributed by atoms with E-state index in [1.165, 1.54) is 23.4 Å². The first-order chi connectivity index (χ1) is 12.2. The van der Waals surface area contributed by atoms with E-state index in [0.29, 0.717) is 5.92 Å². The molecule has 0 saturated carbocycles. The van der Waals surface area contributed by atoms with Crippen molar-refractivity contribution in [2.24, 2.45) is 10.9 Å². The summed E-state index contributed by atoms with van der Waals surface area (Å²) in [6.07, 6.45) is 2.32. The number of aliphatic imine (C=N–C) groups is 1. The van der Waals surface area contributed by atoms with Crippen LogP contribution in [0.25, 0.3) is 0 Å². The van der Waals surface area contributed by atoms with Crippen molar-refractivity contribution in [3.05, 3.63) is 44.3 Å². The van der Waals surface area contributed by atoms with Gasteiger partial charge in [0.1, 0.15) is 0 Å². The average molecular weight is 377 g/mol. The highest BCUT2D eigenvalue weighted by Gasteiger charge is 2.16. The molecular weight excluding hydrogens is 348 g/mol. The molecule has 4 nitrogen and oxygen atoms in total. The van der Waals surface area contributed by atoms with Crippen LogP contribution in [0.5, 0.6) is 0 Å². The maximum atomic E-state index is 4.35. The third kappa shape index (κ3) is 5.56. The van der Waals surface area contributed by atoms with Gasteiger partial charge in [-0.2, -0.15) is 0 Å². The number of rotatable bonds is 7. The monoisotopic (exact) mass is 376 g/mol. The number of hydrogen-bond donors (Lipinski definition) is 2. The average Bonchev–Trinajstić information content (AvgIpc) is 3.28. The van der Waals surface area contributed by atoms with Crippen molar-refractivity contribution in [2.45, 2.75) is 26.3 Å². The molecule has 2 aromatic heterocycles. The van der Waals surface area contributed by atoms with Gasteiger partial charge in [-0.05, 0) is 47.2 Å². The van der Waals surface area contributed by atoms with E-state index in [2.05, 4.69) is 56.4 Å². The van der Waals surface area contributed by atoms with Gasteiger partial charge in [0.25, 0.3) is 0 Å². The summed E-state index contributed by atoms with van der Waals surface area (Å²) in [5, 5.41) is 11.3. The van der Waals surface area contributed by atoms with Crippen molar-refractivity contribution < 1.29 is 0 Å². The van der Waals surface area contributed by atoms with Crippen LogP contribution in [-0.2, 0) is 19.4 Å².